The summed E-state index contributed by atoms with van der Waals surface area (Å²) in [5.41, 5.74) is 0. The third-order valence-electron chi connectivity index (χ3n) is 2.54. The standard InChI is InChI=1S/C11H17NO3S2/c1-3-9(2)17(14,15)12-11(13)7-6-10-5-4-8-16-10/h4-5,8-9H,3,6-7H2,1-2H3,(H,12,13). The SMILES string of the molecule is CCC(C)S(=O)(=O)NC(=O)CCc1cccs1. The molecule has 0 saturated carbocycles. The first-order chi connectivity index (χ1) is 7.95. The number of rotatable bonds is 6. The molecule has 0 aliphatic rings. The van der Waals surface area contributed by atoms with Gasteiger partial charge in [-0.2, -0.15) is 0 Å². The zero-order valence-electron chi connectivity index (χ0n) is 9.97. The molecule has 0 radical (unpaired) electrons. The van der Waals surface area contributed by atoms with Crippen LogP contribution in [0.25, 0.3) is 0 Å². The molecule has 0 saturated heterocycles. The monoisotopic (exact) mass is 275 g/mol. The number of carbonyl (C=O) groups excluding carboxylic acids is 1. The maximum atomic E-state index is 11.6. The van der Waals surface area contributed by atoms with Crippen LogP contribution in [-0.2, 0) is 21.2 Å². The van der Waals surface area contributed by atoms with Gasteiger partial charge in [-0.3, -0.25) is 9.52 Å². The normalized spacial score (nSPS) is 13.3. The summed E-state index contributed by atoms with van der Waals surface area (Å²) in [5, 5.41) is 1.40. The van der Waals surface area contributed by atoms with E-state index < -0.39 is 21.2 Å². The summed E-state index contributed by atoms with van der Waals surface area (Å²) >= 11 is 1.56. The van der Waals surface area contributed by atoms with Crippen molar-refractivity contribution in [3.63, 3.8) is 0 Å². The molecule has 0 bridgehead atoms. The number of carbonyl (C=O) groups is 1. The highest BCUT2D eigenvalue weighted by Gasteiger charge is 2.20. The Labute approximate surface area is 106 Å². The van der Waals surface area contributed by atoms with Gasteiger partial charge in [-0.15, -0.1) is 11.3 Å². The van der Waals surface area contributed by atoms with E-state index in [9.17, 15) is 13.2 Å². The number of aryl methyl sites for hydroxylation is 1. The van der Waals surface area contributed by atoms with Gasteiger partial charge in [0.1, 0.15) is 0 Å². The largest absolute Gasteiger partial charge is 0.274 e. The fourth-order valence-corrected chi connectivity index (χ4v) is 2.99. The van der Waals surface area contributed by atoms with Gasteiger partial charge in [0, 0.05) is 11.3 Å². The number of sulfonamides is 1. The van der Waals surface area contributed by atoms with Gasteiger partial charge in [-0.05, 0) is 31.2 Å². The summed E-state index contributed by atoms with van der Waals surface area (Å²) in [6, 6.07) is 3.84. The Bertz CT molecular complexity index is 451. The van der Waals surface area contributed by atoms with Gasteiger partial charge >= 0.3 is 0 Å². The second kappa shape index (κ2) is 6.16. The summed E-state index contributed by atoms with van der Waals surface area (Å²) in [5.74, 6) is -0.432. The fraction of sp³-hybridized carbons (Fsp3) is 0.545. The lowest BCUT2D eigenvalue weighted by atomic mass is 10.2. The lowest BCUT2D eigenvalue weighted by Gasteiger charge is -2.11. The molecule has 1 amide bonds. The van der Waals surface area contributed by atoms with Gasteiger partial charge < -0.3 is 0 Å². The van der Waals surface area contributed by atoms with Gasteiger partial charge in [0.05, 0.1) is 5.25 Å². The van der Waals surface area contributed by atoms with E-state index in [1.54, 1.807) is 25.2 Å². The molecule has 1 atom stereocenters. The number of thiophene rings is 1. The minimum absolute atomic E-state index is 0.205. The maximum Gasteiger partial charge on any atom is 0.237 e. The lowest BCUT2D eigenvalue weighted by molar-refractivity contribution is -0.119. The minimum Gasteiger partial charge on any atom is -0.274 e. The second-order valence-electron chi connectivity index (χ2n) is 3.87. The Morgan fingerprint density at radius 1 is 1.53 bits per heavy atom. The Hall–Kier alpha value is -0.880. The molecule has 1 aromatic heterocycles. The topological polar surface area (TPSA) is 63.2 Å². The Morgan fingerprint density at radius 2 is 2.24 bits per heavy atom. The summed E-state index contributed by atoms with van der Waals surface area (Å²) in [6.45, 7) is 3.37. The van der Waals surface area contributed by atoms with Crippen molar-refractivity contribution in [2.75, 3.05) is 0 Å². The van der Waals surface area contributed by atoms with Gasteiger partial charge in [0.15, 0.2) is 0 Å². The van der Waals surface area contributed by atoms with E-state index in [-0.39, 0.29) is 6.42 Å². The van der Waals surface area contributed by atoms with E-state index in [4.69, 9.17) is 0 Å². The Balaban J connectivity index is 2.45. The van der Waals surface area contributed by atoms with Crippen LogP contribution >= 0.6 is 11.3 Å². The zero-order chi connectivity index (χ0) is 12.9. The van der Waals surface area contributed by atoms with Crippen molar-refractivity contribution in [1.82, 2.24) is 4.72 Å². The van der Waals surface area contributed by atoms with Gasteiger partial charge in [-0.1, -0.05) is 13.0 Å². The summed E-state index contributed by atoms with van der Waals surface area (Å²) < 4.78 is 25.3. The van der Waals surface area contributed by atoms with E-state index >= 15 is 0 Å². The molecule has 0 aliphatic carbocycles. The molecule has 1 aromatic rings. The van der Waals surface area contributed by atoms with E-state index in [0.29, 0.717) is 12.8 Å². The second-order valence-corrected chi connectivity index (χ2v) is 7.00. The first-order valence-corrected chi connectivity index (χ1v) is 7.95. The summed E-state index contributed by atoms with van der Waals surface area (Å²) in [4.78, 5) is 12.6. The first kappa shape index (κ1) is 14.2. The van der Waals surface area contributed by atoms with Crippen molar-refractivity contribution >= 4 is 27.3 Å². The molecule has 1 N–H and O–H groups in total. The van der Waals surface area contributed by atoms with Crippen LogP contribution in [0.2, 0.25) is 0 Å². The molecular weight excluding hydrogens is 258 g/mol. The zero-order valence-corrected chi connectivity index (χ0v) is 11.6. The predicted molar refractivity (Wildman–Crippen MR) is 69.5 cm³/mol. The number of amides is 1. The summed E-state index contributed by atoms with van der Waals surface area (Å²) in [6.07, 6.45) is 1.28. The number of hydrogen-bond acceptors (Lipinski definition) is 4. The Morgan fingerprint density at radius 3 is 2.76 bits per heavy atom. The van der Waals surface area contributed by atoms with Crippen LogP contribution in [0.1, 0.15) is 31.6 Å². The quantitative estimate of drug-likeness (QED) is 0.862. The lowest BCUT2D eigenvalue weighted by Crippen LogP contribution is -2.36. The van der Waals surface area contributed by atoms with Gasteiger partial charge in [0.25, 0.3) is 0 Å². The Kier molecular flexibility index (Phi) is 5.14. The number of hydrogen-bond donors (Lipinski definition) is 1. The van der Waals surface area contributed by atoms with Crippen molar-refractivity contribution in [1.29, 1.82) is 0 Å². The van der Waals surface area contributed by atoms with Crippen LogP contribution in [0, 0.1) is 0 Å². The molecule has 17 heavy (non-hydrogen) atoms. The van der Waals surface area contributed by atoms with E-state index in [2.05, 4.69) is 4.72 Å². The molecule has 1 heterocycles. The first-order valence-electron chi connectivity index (χ1n) is 5.52. The molecule has 6 heteroatoms. The van der Waals surface area contributed by atoms with Crippen molar-refractivity contribution in [3.8, 4) is 0 Å². The molecule has 0 spiro atoms. The van der Waals surface area contributed by atoms with Crippen molar-refractivity contribution in [2.24, 2.45) is 0 Å². The fourth-order valence-electron chi connectivity index (χ4n) is 1.22. The molecule has 0 aromatic carbocycles. The minimum atomic E-state index is -3.50. The van der Waals surface area contributed by atoms with Crippen LogP contribution < -0.4 is 4.72 Å². The van der Waals surface area contributed by atoms with Crippen molar-refractivity contribution in [2.45, 2.75) is 38.4 Å². The average molecular weight is 275 g/mol. The molecule has 1 unspecified atom stereocenters. The van der Waals surface area contributed by atoms with E-state index in [1.165, 1.54) is 0 Å². The van der Waals surface area contributed by atoms with Crippen molar-refractivity contribution < 1.29 is 13.2 Å². The smallest absolute Gasteiger partial charge is 0.237 e. The van der Waals surface area contributed by atoms with Gasteiger partial charge in [0.2, 0.25) is 15.9 Å². The highest BCUT2D eigenvalue weighted by Crippen LogP contribution is 2.11. The van der Waals surface area contributed by atoms with Crippen LogP contribution in [0.5, 0.6) is 0 Å². The molecule has 4 nitrogen and oxygen atoms in total. The van der Waals surface area contributed by atoms with Crippen LogP contribution in [-0.4, -0.2) is 19.6 Å². The van der Waals surface area contributed by atoms with E-state index in [0.717, 1.165) is 4.88 Å². The summed E-state index contributed by atoms with van der Waals surface area (Å²) in [7, 11) is -3.50. The van der Waals surface area contributed by atoms with Crippen molar-refractivity contribution in [3.05, 3.63) is 22.4 Å². The highest BCUT2D eigenvalue weighted by atomic mass is 32.2. The average Bonchev–Trinajstić information content (AvgIpc) is 2.77. The predicted octanol–water partition coefficient (Wildman–Crippen LogP) is 1.93. The number of nitrogens with one attached hydrogen (secondary N) is 1. The highest BCUT2D eigenvalue weighted by molar-refractivity contribution is 7.90. The van der Waals surface area contributed by atoms with Crippen LogP contribution in [0.4, 0.5) is 0 Å². The third kappa shape index (κ3) is 4.47. The van der Waals surface area contributed by atoms with Gasteiger partial charge in [-0.25, -0.2) is 8.42 Å². The van der Waals surface area contributed by atoms with Crippen LogP contribution in [0.3, 0.4) is 0 Å². The molecule has 96 valence electrons. The molecule has 1 rings (SSSR count). The molecular formula is C11H17NO3S2. The van der Waals surface area contributed by atoms with E-state index in [1.807, 2.05) is 17.5 Å². The van der Waals surface area contributed by atoms with Crippen LogP contribution in [0.15, 0.2) is 17.5 Å². The molecule has 0 aliphatic heterocycles. The third-order valence-corrected chi connectivity index (χ3v) is 5.38. The molecule has 0 fully saturated rings. The maximum absolute atomic E-state index is 11.6.